The quantitative estimate of drug-likeness (QED) is 0.0377. The van der Waals surface area contributed by atoms with Gasteiger partial charge in [0, 0.05) is 0 Å². The minimum absolute atomic E-state index is 0.0345. The van der Waals surface area contributed by atoms with Crippen LogP contribution >= 0.6 is 0 Å². The number of unbranched alkanes of at least 4 members (excludes halogenated alkanes) is 27. The molecule has 3 unspecified atom stereocenters. The lowest BCUT2D eigenvalue weighted by Gasteiger charge is -2.23. The van der Waals surface area contributed by atoms with E-state index in [0.717, 1.165) is 32.1 Å². The predicted octanol–water partition coefficient (Wildman–Crippen LogP) is 12.6. The zero-order valence-corrected chi connectivity index (χ0v) is 33.5. The summed E-state index contributed by atoms with van der Waals surface area (Å²) in [6.07, 6.45) is 48.7. The van der Waals surface area contributed by atoms with Crippen molar-refractivity contribution in [2.75, 3.05) is 6.61 Å². The van der Waals surface area contributed by atoms with Gasteiger partial charge in [-0.2, -0.15) is 0 Å². The van der Waals surface area contributed by atoms with Gasteiger partial charge in [-0.1, -0.05) is 205 Å². The second-order valence-corrected chi connectivity index (χ2v) is 15.3. The Morgan fingerprint density at radius 3 is 1.26 bits per heavy atom. The van der Waals surface area contributed by atoms with Crippen molar-refractivity contribution in [1.29, 1.82) is 0 Å². The topological polar surface area (TPSA) is 89.8 Å². The first kappa shape index (κ1) is 48.8. The van der Waals surface area contributed by atoms with Gasteiger partial charge >= 0.3 is 0 Å². The zero-order valence-electron chi connectivity index (χ0n) is 33.5. The molecule has 0 aromatic carbocycles. The van der Waals surface area contributed by atoms with Gasteiger partial charge in [0.1, 0.15) is 0 Å². The molecule has 0 saturated carbocycles. The van der Waals surface area contributed by atoms with Gasteiger partial charge in [0.05, 0.1) is 31.3 Å². The number of carbonyl (C=O) groups excluding carboxylic acids is 1. The normalized spacial score (nSPS) is 13.8. The summed E-state index contributed by atoms with van der Waals surface area (Å²) in [4.78, 5) is 12.4. The second-order valence-electron chi connectivity index (χ2n) is 15.3. The Bertz CT molecular complexity index is 739. The second kappa shape index (κ2) is 40.6. The Labute approximate surface area is 312 Å². The molecule has 4 N–H and O–H groups in total. The van der Waals surface area contributed by atoms with Gasteiger partial charge in [-0.15, -0.1) is 0 Å². The summed E-state index contributed by atoms with van der Waals surface area (Å²) in [6.45, 7) is 4.25. The number of allylic oxidation sites excluding steroid dienone is 4. The molecule has 0 radical (unpaired) electrons. The maximum Gasteiger partial charge on any atom is 0.222 e. The summed E-state index contributed by atoms with van der Waals surface area (Å²) in [5.41, 5.74) is 0. The summed E-state index contributed by atoms with van der Waals surface area (Å²) in [5.74, 6) is -0.286. The standard InChI is InChI=1S/C45H87NO4/c1-3-5-7-9-11-13-15-16-17-18-19-20-21-22-23-24-25-26-27-28-29-30-32-34-36-38-42(48)40-45(50)46-43(41-47)44(49)39-37-35-33-31-14-12-10-8-6-4-2/h19-20,22-23,42-44,47-49H,3-18,21,24-41H2,1-2H3,(H,46,50)/b20-19-,23-22-. The van der Waals surface area contributed by atoms with E-state index in [1.54, 1.807) is 0 Å². The summed E-state index contributed by atoms with van der Waals surface area (Å²) in [5, 5.41) is 33.3. The highest BCUT2D eigenvalue weighted by Gasteiger charge is 2.21. The van der Waals surface area contributed by atoms with Gasteiger partial charge in [0.15, 0.2) is 0 Å². The summed E-state index contributed by atoms with van der Waals surface area (Å²) < 4.78 is 0. The van der Waals surface area contributed by atoms with E-state index in [4.69, 9.17) is 0 Å². The number of hydrogen-bond donors (Lipinski definition) is 4. The van der Waals surface area contributed by atoms with Crippen LogP contribution in [0.1, 0.15) is 232 Å². The highest BCUT2D eigenvalue weighted by atomic mass is 16.3. The van der Waals surface area contributed by atoms with Crippen molar-refractivity contribution < 1.29 is 20.1 Å². The maximum absolute atomic E-state index is 12.4. The van der Waals surface area contributed by atoms with E-state index in [0.29, 0.717) is 12.8 Å². The van der Waals surface area contributed by atoms with Gasteiger partial charge in [-0.05, 0) is 44.9 Å². The molecule has 0 saturated heterocycles. The highest BCUT2D eigenvalue weighted by molar-refractivity contribution is 5.76. The minimum Gasteiger partial charge on any atom is -0.394 e. The molecule has 0 fully saturated rings. The molecular weight excluding hydrogens is 618 g/mol. The lowest BCUT2D eigenvalue weighted by molar-refractivity contribution is -0.125. The van der Waals surface area contributed by atoms with Crippen LogP contribution in [0, 0.1) is 0 Å². The molecule has 3 atom stereocenters. The Balaban J connectivity index is 3.57. The van der Waals surface area contributed by atoms with Crippen LogP contribution in [-0.2, 0) is 4.79 Å². The Hall–Kier alpha value is -1.17. The van der Waals surface area contributed by atoms with Gasteiger partial charge < -0.3 is 20.6 Å². The first-order chi connectivity index (χ1) is 24.5. The molecule has 5 heteroatoms. The molecule has 0 aliphatic rings. The summed E-state index contributed by atoms with van der Waals surface area (Å²) in [7, 11) is 0. The van der Waals surface area contributed by atoms with Crippen molar-refractivity contribution in [2.45, 2.75) is 250 Å². The molecule has 0 aromatic rings. The number of nitrogens with one attached hydrogen (secondary N) is 1. The van der Waals surface area contributed by atoms with Crippen LogP contribution in [0.5, 0.6) is 0 Å². The lowest BCUT2D eigenvalue weighted by Crippen LogP contribution is -2.46. The van der Waals surface area contributed by atoms with E-state index in [9.17, 15) is 20.1 Å². The Morgan fingerprint density at radius 1 is 0.500 bits per heavy atom. The van der Waals surface area contributed by atoms with E-state index in [1.165, 1.54) is 167 Å². The van der Waals surface area contributed by atoms with Crippen molar-refractivity contribution in [3.8, 4) is 0 Å². The predicted molar refractivity (Wildman–Crippen MR) is 218 cm³/mol. The molecule has 0 heterocycles. The number of rotatable bonds is 40. The van der Waals surface area contributed by atoms with Crippen molar-refractivity contribution >= 4 is 5.91 Å². The molecule has 50 heavy (non-hydrogen) atoms. The molecule has 0 aliphatic heterocycles. The van der Waals surface area contributed by atoms with E-state index >= 15 is 0 Å². The SMILES string of the molecule is CCCCCCCCCCC/C=C\C/C=C\CCCCCCCCCCCC(O)CC(=O)NC(CO)C(O)CCCCCCCCCCCC. The third-order valence-electron chi connectivity index (χ3n) is 10.3. The fourth-order valence-corrected chi connectivity index (χ4v) is 6.85. The first-order valence-electron chi connectivity index (χ1n) is 22.1. The van der Waals surface area contributed by atoms with Gasteiger partial charge in [0.2, 0.25) is 5.91 Å². The number of aliphatic hydroxyl groups excluding tert-OH is 3. The molecule has 0 bridgehead atoms. The first-order valence-corrected chi connectivity index (χ1v) is 22.1. The third-order valence-corrected chi connectivity index (χ3v) is 10.3. The fraction of sp³-hybridized carbons (Fsp3) is 0.889. The largest absolute Gasteiger partial charge is 0.394 e. The average molecular weight is 706 g/mol. The van der Waals surface area contributed by atoms with E-state index in [1.807, 2.05) is 0 Å². The Morgan fingerprint density at radius 2 is 0.860 bits per heavy atom. The molecule has 0 rings (SSSR count). The fourth-order valence-electron chi connectivity index (χ4n) is 6.85. The smallest absolute Gasteiger partial charge is 0.222 e. The maximum atomic E-state index is 12.4. The van der Waals surface area contributed by atoms with Crippen molar-refractivity contribution in [1.82, 2.24) is 5.32 Å². The Kier molecular flexibility index (Phi) is 39.6. The molecule has 0 spiro atoms. The van der Waals surface area contributed by atoms with E-state index in [-0.39, 0.29) is 18.9 Å². The van der Waals surface area contributed by atoms with Gasteiger partial charge in [-0.3, -0.25) is 4.79 Å². The van der Waals surface area contributed by atoms with Crippen LogP contribution in [0.2, 0.25) is 0 Å². The molecular formula is C45H87NO4. The zero-order chi connectivity index (χ0) is 36.6. The van der Waals surface area contributed by atoms with Crippen molar-refractivity contribution in [2.24, 2.45) is 0 Å². The van der Waals surface area contributed by atoms with Gasteiger partial charge in [0.25, 0.3) is 0 Å². The van der Waals surface area contributed by atoms with Crippen LogP contribution in [0.3, 0.4) is 0 Å². The molecule has 296 valence electrons. The van der Waals surface area contributed by atoms with Crippen LogP contribution in [0.15, 0.2) is 24.3 Å². The van der Waals surface area contributed by atoms with Crippen LogP contribution in [-0.4, -0.2) is 46.1 Å². The summed E-state index contributed by atoms with van der Waals surface area (Å²) >= 11 is 0. The number of amides is 1. The average Bonchev–Trinajstić information content (AvgIpc) is 3.11. The van der Waals surface area contributed by atoms with E-state index < -0.39 is 18.2 Å². The van der Waals surface area contributed by atoms with Crippen LogP contribution in [0.25, 0.3) is 0 Å². The minimum atomic E-state index is -0.747. The van der Waals surface area contributed by atoms with Crippen LogP contribution in [0.4, 0.5) is 0 Å². The van der Waals surface area contributed by atoms with Crippen molar-refractivity contribution in [3.05, 3.63) is 24.3 Å². The number of hydrogen-bond acceptors (Lipinski definition) is 4. The number of carbonyl (C=O) groups is 1. The van der Waals surface area contributed by atoms with E-state index in [2.05, 4.69) is 43.5 Å². The molecule has 0 aliphatic carbocycles. The highest BCUT2D eigenvalue weighted by Crippen LogP contribution is 2.16. The third kappa shape index (κ3) is 36.6. The van der Waals surface area contributed by atoms with Crippen molar-refractivity contribution in [3.63, 3.8) is 0 Å². The van der Waals surface area contributed by atoms with Crippen LogP contribution < -0.4 is 5.32 Å². The molecule has 1 amide bonds. The lowest BCUT2D eigenvalue weighted by atomic mass is 10.0. The summed E-state index contributed by atoms with van der Waals surface area (Å²) in [6, 6.07) is -0.656. The molecule has 5 nitrogen and oxygen atoms in total. The monoisotopic (exact) mass is 706 g/mol. The molecule has 0 aromatic heterocycles. The van der Waals surface area contributed by atoms with Gasteiger partial charge in [-0.25, -0.2) is 0 Å². The number of aliphatic hydroxyl groups is 3.